The number of tetrazole rings is 1. The lowest BCUT2D eigenvalue weighted by Crippen LogP contribution is -2.48. The predicted molar refractivity (Wildman–Crippen MR) is 145 cm³/mol. The van der Waals surface area contributed by atoms with Crippen molar-refractivity contribution < 1.29 is 0 Å². The highest BCUT2D eigenvalue weighted by Crippen LogP contribution is 2.31. The van der Waals surface area contributed by atoms with Gasteiger partial charge in [0.15, 0.2) is 5.82 Å². The molecule has 5 rings (SSSR count). The van der Waals surface area contributed by atoms with Gasteiger partial charge in [-0.3, -0.25) is 9.80 Å². The fourth-order valence-corrected chi connectivity index (χ4v) is 5.04. The van der Waals surface area contributed by atoms with E-state index in [1.54, 1.807) is 0 Å². The molecule has 0 bridgehead atoms. The van der Waals surface area contributed by atoms with Crippen LogP contribution in [0.2, 0.25) is 0 Å². The second-order valence-electron chi connectivity index (χ2n) is 9.65. The summed E-state index contributed by atoms with van der Waals surface area (Å²) in [6, 6.07) is 25.6. The Morgan fingerprint density at radius 1 is 0.806 bits per heavy atom. The lowest BCUT2D eigenvalue weighted by Gasteiger charge is -2.38. The molecule has 0 amide bonds. The predicted octanol–water partition coefficient (Wildman–Crippen LogP) is 5.01. The Morgan fingerprint density at radius 2 is 1.50 bits per heavy atom. The summed E-state index contributed by atoms with van der Waals surface area (Å²) in [5.74, 6) is 0.869. The minimum Gasteiger partial charge on any atom is -0.297 e. The van der Waals surface area contributed by atoms with Crippen molar-refractivity contribution in [3.8, 4) is 5.69 Å². The van der Waals surface area contributed by atoms with Crippen LogP contribution in [0.3, 0.4) is 0 Å². The highest BCUT2D eigenvalue weighted by atomic mass is 15.6. The van der Waals surface area contributed by atoms with Crippen LogP contribution in [-0.2, 0) is 0 Å². The summed E-state index contributed by atoms with van der Waals surface area (Å²) in [4.78, 5) is 5.04. The van der Waals surface area contributed by atoms with Crippen LogP contribution in [-0.4, -0.2) is 62.7 Å². The van der Waals surface area contributed by atoms with Gasteiger partial charge in [0.25, 0.3) is 0 Å². The lowest BCUT2D eigenvalue weighted by atomic mass is 10.0. The summed E-state index contributed by atoms with van der Waals surface area (Å²) in [5.41, 5.74) is 7.12. The third-order valence-corrected chi connectivity index (χ3v) is 7.03. The van der Waals surface area contributed by atoms with Crippen LogP contribution in [0.25, 0.3) is 11.8 Å². The molecule has 4 aromatic rings. The minimum absolute atomic E-state index is 0.0124. The molecule has 184 valence electrons. The topological polar surface area (TPSA) is 50.1 Å². The number of nitrogens with zero attached hydrogens (tertiary/aromatic N) is 6. The molecule has 3 aromatic carbocycles. The maximum atomic E-state index is 4.59. The summed E-state index contributed by atoms with van der Waals surface area (Å²) in [7, 11) is 0. The highest BCUT2D eigenvalue weighted by Gasteiger charge is 2.31. The fourth-order valence-electron chi connectivity index (χ4n) is 5.04. The molecular formula is C30H34N6. The Hall–Kier alpha value is -3.61. The first kappa shape index (κ1) is 24.1. The molecule has 0 aliphatic carbocycles. The largest absolute Gasteiger partial charge is 0.297 e. The standard InChI is InChI=1S/C30H34N6/c1-23-14-16-27(17-15-23)29(30-31-32-33-36(30)28-24(2)9-7-10-25(28)3)35-21-19-34(20-22-35)18-8-13-26-11-5-4-6-12-26/h4-17,29H,18-22H2,1-3H3/t29-/m0/s1. The molecule has 0 saturated carbocycles. The van der Waals surface area contributed by atoms with Gasteiger partial charge in [-0.1, -0.05) is 90.5 Å². The van der Waals surface area contributed by atoms with Crippen molar-refractivity contribution in [1.29, 1.82) is 0 Å². The molecule has 1 saturated heterocycles. The molecule has 0 unspecified atom stereocenters. The molecule has 1 aromatic heterocycles. The van der Waals surface area contributed by atoms with Gasteiger partial charge >= 0.3 is 0 Å². The smallest absolute Gasteiger partial charge is 0.178 e. The monoisotopic (exact) mass is 478 g/mol. The van der Waals surface area contributed by atoms with Crippen LogP contribution in [0.1, 0.15) is 39.7 Å². The van der Waals surface area contributed by atoms with E-state index in [9.17, 15) is 0 Å². The van der Waals surface area contributed by atoms with Crippen molar-refractivity contribution in [2.75, 3.05) is 32.7 Å². The molecule has 6 heteroatoms. The van der Waals surface area contributed by atoms with Gasteiger partial charge in [-0.2, -0.15) is 4.68 Å². The fraction of sp³-hybridized carbons (Fsp3) is 0.300. The van der Waals surface area contributed by atoms with E-state index in [1.807, 2.05) is 4.68 Å². The Balaban J connectivity index is 1.39. The van der Waals surface area contributed by atoms with E-state index in [4.69, 9.17) is 0 Å². The first-order valence-electron chi connectivity index (χ1n) is 12.7. The zero-order chi connectivity index (χ0) is 24.9. The van der Waals surface area contributed by atoms with Gasteiger partial charge in [-0.15, -0.1) is 5.10 Å². The number of aromatic nitrogens is 4. The van der Waals surface area contributed by atoms with Crippen LogP contribution < -0.4 is 0 Å². The molecule has 1 aliphatic heterocycles. The summed E-state index contributed by atoms with van der Waals surface area (Å²) >= 11 is 0. The molecule has 36 heavy (non-hydrogen) atoms. The Kier molecular flexibility index (Phi) is 7.35. The quantitative estimate of drug-likeness (QED) is 0.374. The molecule has 1 aliphatic rings. The summed E-state index contributed by atoms with van der Waals surface area (Å²) in [6.45, 7) is 11.2. The van der Waals surface area contributed by atoms with Gasteiger partial charge in [0, 0.05) is 32.7 Å². The van der Waals surface area contributed by atoms with Gasteiger partial charge in [0.2, 0.25) is 0 Å². The van der Waals surface area contributed by atoms with Crippen molar-refractivity contribution in [1.82, 2.24) is 30.0 Å². The number of hydrogen-bond donors (Lipinski definition) is 0. The molecule has 6 nitrogen and oxygen atoms in total. The van der Waals surface area contributed by atoms with Gasteiger partial charge in [-0.05, 0) is 53.5 Å². The maximum Gasteiger partial charge on any atom is 0.178 e. The Morgan fingerprint density at radius 3 is 2.19 bits per heavy atom. The molecule has 0 spiro atoms. The van der Waals surface area contributed by atoms with Gasteiger partial charge in [0.05, 0.1) is 11.7 Å². The Labute approximate surface area is 213 Å². The van der Waals surface area contributed by atoms with Crippen molar-refractivity contribution in [2.24, 2.45) is 0 Å². The number of benzene rings is 3. The maximum absolute atomic E-state index is 4.59. The van der Waals surface area contributed by atoms with Crippen LogP contribution in [0.15, 0.2) is 78.9 Å². The van der Waals surface area contributed by atoms with E-state index in [1.165, 1.54) is 27.8 Å². The van der Waals surface area contributed by atoms with E-state index >= 15 is 0 Å². The third kappa shape index (κ3) is 5.30. The summed E-state index contributed by atoms with van der Waals surface area (Å²) in [6.07, 6.45) is 4.48. The van der Waals surface area contributed by atoms with Gasteiger partial charge in [-0.25, -0.2) is 0 Å². The van der Waals surface area contributed by atoms with Crippen LogP contribution >= 0.6 is 0 Å². The van der Waals surface area contributed by atoms with Crippen molar-refractivity contribution in [3.63, 3.8) is 0 Å². The molecular weight excluding hydrogens is 444 g/mol. The molecule has 1 atom stereocenters. The number of hydrogen-bond acceptors (Lipinski definition) is 5. The average molecular weight is 479 g/mol. The van der Waals surface area contributed by atoms with Crippen molar-refractivity contribution in [3.05, 3.63) is 113 Å². The number of para-hydroxylation sites is 1. The third-order valence-electron chi connectivity index (χ3n) is 7.03. The number of piperazine rings is 1. The van der Waals surface area contributed by atoms with Crippen LogP contribution in [0, 0.1) is 20.8 Å². The van der Waals surface area contributed by atoms with E-state index < -0.39 is 0 Å². The van der Waals surface area contributed by atoms with Gasteiger partial charge in [0.1, 0.15) is 0 Å². The van der Waals surface area contributed by atoms with Crippen LogP contribution in [0.4, 0.5) is 0 Å². The van der Waals surface area contributed by atoms with E-state index in [-0.39, 0.29) is 6.04 Å². The van der Waals surface area contributed by atoms with Crippen molar-refractivity contribution >= 4 is 6.08 Å². The SMILES string of the molecule is Cc1ccc([C@@H](c2nnnn2-c2c(C)cccc2C)N2CCN(CC=Cc3ccccc3)CC2)cc1. The number of aryl methyl sites for hydroxylation is 3. The first-order valence-corrected chi connectivity index (χ1v) is 12.7. The first-order chi connectivity index (χ1) is 17.6. The molecule has 2 heterocycles. The molecule has 0 N–H and O–H groups in total. The zero-order valence-electron chi connectivity index (χ0n) is 21.4. The number of rotatable bonds is 7. The summed E-state index contributed by atoms with van der Waals surface area (Å²) < 4.78 is 1.95. The van der Waals surface area contributed by atoms with Crippen molar-refractivity contribution in [2.45, 2.75) is 26.8 Å². The average Bonchev–Trinajstić information content (AvgIpc) is 3.36. The second kappa shape index (κ2) is 11.0. The Bertz CT molecular complexity index is 1280. The molecule has 1 fully saturated rings. The summed E-state index contributed by atoms with van der Waals surface area (Å²) in [5, 5.41) is 13.2. The normalized spacial score (nSPS) is 16.0. The van der Waals surface area contributed by atoms with Gasteiger partial charge < -0.3 is 0 Å². The molecule has 0 radical (unpaired) electrons. The zero-order valence-corrected chi connectivity index (χ0v) is 21.4. The second-order valence-corrected chi connectivity index (χ2v) is 9.65. The highest BCUT2D eigenvalue weighted by molar-refractivity contribution is 5.49. The minimum atomic E-state index is -0.0124. The van der Waals surface area contributed by atoms with Crippen LogP contribution in [0.5, 0.6) is 0 Å². The van der Waals surface area contributed by atoms with E-state index in [0.29, 0.717) is 0 Å². The van der Waals surface area contributed by atoms with E-state index in [2.05, 4.69) is 131 Å². The van der Waals surface area contributed by atoms with E-state index in [0.717, 1.165) is 44.2 Å². The lowest BCUT2D eigenvalue weighted by molar-refractivity contribution is 0.113.